The Morgan fingerprint density at radius 2 is 0.978 bits per heavy atom. The van der Waals surface area contributed by atoms with Crippen LogP contribution in [0.1, 0.15) is 11.0 Å². The van der Waals surface area contributed by atoms with Crippen molar-refractivity contribution < 1.29 is 15.4 Å². The lowest BCUT2D eigenvalue weighted by atomic mass is 9.84. The Hall–Kier alpha value is -5.92. The Kier molecular flexibility index (Phi) is 4.30. The summed E-state index contributed by atoms with van der Waals surface area (Å²) in [5, 5.41) is 4.95. The van der Waals surface area contributed by atoms with E-state index in [2.05, 4.69) is 0 Å². The molecule has 1 heterocycles. The highest BCUT2D eigenvalue weighted by Crippen LogP contribution is 2.48. The van der Waals surface area contributed by atoms with Crippen LogP contribution in [0.2, 0.25) is 0 Å². The van der Waals surface area contributed by atoms with Gasteiger partial charge in [0.1, 0.15) is 11.2 Å². The lowest BCUT2D eigenvalue weighted by Gasteiger charge is -2.19. The van der Waals surface area contributed by atoms with Crippen LogP contribution in [0.5, 0.6) is 0 Å². The molecule has 0 N–H and O–H groups in total. The Morgan fingerprint density at radius 3 is 1.69 bits per heavy atom. The molecule has 0 aliphatic rings. The van der Waals surface area contributed by atoms with E-state index in [9.17, 15) is 1.37 Å². The van der Waals surface area contributed by atoms with Gasteiger partial charge in [-0.1, -0.05) is 151 Å². The molecule has 0 saturated carbocycles. The first-order chi connectivity index (χ1) is 25.7. The molecule has 1 nitrogen and oxygen atoms in total. The van der Waals surface area contributed by atoms with Crippen LogP contribution in [0.4, 0.5) is 0 Å². The molecular weight excluding hydrogens is 544 g/mol. The quantitative estimate of drug-likeness (QED) is 0.189. The predicted molar refractivity (Wildman–Crippen MR) is 190 cm³/mol. The molecule has 45 heavy (non-hydrogen) atoms. The number of hydrogen-bond acceptors (Lipinski definition) is 1. The predicted octanol–water partition coefficient (Wildman–Crippen LogP) is 12.6. The van der Waals surface area contributed by atoms with E-state index < -0.39 is 18.1 Å². The van der Waals surface area contributed by atoms with Gasteiger partial charge in [-0.2, -0.15) is 0 Å². The molecule has 0 bridgehead atoms. The van der Waals surface area contributed by atoms with Crippen molar-refractivity contribution in [1.29, 1.82) is 0 Å². The van der Waals surface area contributed by atoms with Gasteiger partial charge in [0.25, 0.3) is 0 Å². The average Bonchev–Trinajstić information content (AvgIpc) is 3.57. The molecule has 0 saturated heterocycles. The fourth-order valence-electron chi connectivity index (χ4n) is 6.58. The zero-order valence-electron chi connectivity index (χ0n) is 32.0. The van der Waals surface area contributed by atoms with Crippen molar-refractivity contribution in [2.45, 2.75) is 0 Å². The van der Waals surface area contributed by atoms with Crippen LogP contribution in [0.15, 0.2) is 174 Å². The molecule has 0 aliphatic heterocycles. The third-order valence-electron chi connectivity index (χ3n) is 8.49. The Morgan fingerprint density at radius 1 is 0.400 bits per heavy atom. The summed E-state index contributed by atoms with van der Waals surface area (Å²) < 4.78 is 76.5. The minimum absolute atomic E-state index is 0.0645. The first kappa shape index (κ1) is 18.7. The standard InChI is InChI=1S/C44H28O/c1-3-14-29(15-4-1)31-18-13-19-32(28-31)41-34-20-7-9-22-36(34)42(37-23-10-8-21-35(37)41)39-27-26-33(30-16-5-2-6-17-30)44-43(39)38-24-11-12-25-40(38)45-44/h1-28H/i2D,5D,6D,16D,17D,18D,19D,28D. The van der Waals surface area contributed by atoms with E-state index in [0.717, 1.165) is 54.6 Å². The summed E-state index contributed by atoms with van der Waals surface area (Å²) in [5.74, 6) is 0. The minimum atomic E-state index is -0.459. The van der Waals surface area contributed by atoms with Gasteiger partial charge in [-0.05, 0) is 78.7 Å². The number of fused-ring (bicyclic) bond motifs is 5. The molecule has 0 spiro atoms. The second-order valence-corrected chi connectivity index (χ2v) is 11.0. The van der Waals surface area contributed by atoms with Gasteiger partial charge in [0.15, 0.2) is 0 Å². The van der Waals surface area contributed by atoms with Crippen molar-refractivity contribution in [3.05, 3.63) is 170 Å². The number of benzene rings is 8. The van der Waals surface area contributed by atoms with E-state index in [0.29, 0.717) is 27.9 Å². The highest BCUT2D eigenvalue weighted by Gasteiger charge is 2.22. The Balaban J connectivity index is 1.42. The summed E-state index contributed by atoms with van der Waals surface area (Å²) in [6.45, 7) is 0. The maximum atomic E-state index is 9.51. The van der Waals surface area contributed by atoms with E-state index in [1.807, 2.05) is 109 Å². The zero-order chi connectivity index (χ0) is 36.7. The van der Waals surface area contributed by atoms with Crippen LogP contribution in [0.3, 0.4) is 0 Å². The van der Waals surface area contributed by atoms with Crippen molar-refractivity contribution in [2.24, 2.45) is 0 Å². The highest BCUT2D eigenvalue weighted by atomic mass is 16.3. The van der Waals surface area contributed by atoms with Gasteiger partial charge in [0, 0.05) is 16.3 Å². The fraction of sp³-hybridized carbons (Fsp3) is 0. The second kappa shape index (κ2) is 10.4. The van der Waals surface area contributed by atoms with Gasteiger partial charge in [-0.25, -0.2) is 0 Å². The molecule has 0 atom stereocenters. The lowest BCUT2D eigenvalue weighted by Crippen LogP contribution is -1.92. The number of rotatable bonds is 4. The Labute approximate surface area is 272 Å². The number of para-hydroxylation sites is 1. The van der Waals surface area contributed by atoms with Crippen LogP contribution < -0.4 is 0 Å². The van der Waals surface area contributed by atoms with Crippen LogP contribution in [-0.4, -0.2) is 0 Å². The van der Waals surface area contributed by atoms with Crippen molar-refractivity contribution in [3.63, 3.8) is 0 Å². The van der Waals surface area contributed by atoms with Gasteiger partial charge < -0.3 is 4.42 Å². The maximum absolute atomic E-state index is 9.51. The molecule has 0 fully saturated rings. The fourth-order valence-corrected chi connectivity index (χ4v) is 6.58. The molecule has 9 rings (SSSR count). The van der Waals surface area contributed by atoms with Crippen molar-refractivity contribution in [2.75, 3.05) is 0 Å². The van der Waals surface area contributed by atoms with Gasteiger partial charge in [0.2, 0.25) is 0 Å². The summed E-state index contributed by atoms with van der Waals surface area (Å²) in [7, 11) is 0. The summed E-state index contributed by atoms with van der Waals surface area (Å²) in [6, 6.07) is 36.5. The van der Waals surface area contributed by atoms with Gasteiger partial charge >= 0.3 is 0 Å². The molecule has 0 unspecified atom stereocenters. The second-order valence-electron chi connectivity index (χ2n) is 11.0. The number of furan rings is 1. The molecular formula is C44H28O. The molecule has 0 amide bonds. The zero-order valence-corrected chi connectivity index (χ0v) is 24.0. The summed E-state index contributed by atoms with van der Waals surface area (Å²) >= 11 is 0. The van der Waals surface area contributed by atoms with Crippen LogP contribution in [0, 0.1) is 0 Å². The Bertz CT molecular complexity index is 2900. The average molecular weight is 581 g/mol. The van der Waals surface area contributed by atoms with Crippen molar-refractivity contribution >= 4 is 43.5 Å². The topological polar surface area (TPSA) is 13.1 Å². The third-order valence-corrected chi connectivity index (χ3v) is 8.49. The SMILES string of the molecule is [2H]c1cc([2H])c(-c2c3ccccc3c(-c3ccc(-c4c([2H])c([2H])c([2H])c([2H])c4[2H])c4oc5ccccc5c34)c3ccccc23)c([2H])c1-c1ccccc1. The van der Waals surface area contributed by atoms with E-state index in [1.54, 1.807) is 6.07 Å². The summed E-state index contributed by atoms with van der Waals surface area (Å²) in [6.07, 6.45) is 0. The van der Waals surface area contributed by atoms with Crippen LogP contribution in [-0.2, 0) is 0 Å². The smallest absolute Gasteiger partial charge is 0.143 e. The van der Waals surface area contributed by atoms with Crippen LogP contribution >= 0.6 is 0 Å². The summed E-state index contributed by atoms with van der Waals surface area (Å²) in [5.41, 5.74) is 5.54. The van der Waals surface area contributed by atoms with Crippen molar-refractivity contribution in [1.82, 2.24) is 0 Å². The molecule has 1 heteroatoms. The van der Waals surface area contributed by atoms with E-state index >= 15 is 0 Å². The van der Waals surface area contributed by atoms with Crippen molar-refractivity contribution in [3.8, 4) is 44.5 Å². The van der Waals surface area contributed by atoms with E-state index in [-0.39, 0.29) is 35.8 Å². The molecule has 0 aliphatic carbocycles. The highest BCUT2D eigenvalue weighted by molar-refractivity contribution is 6.26. The molecule has 210 valence electrons. The monoisotopic (exact) mass is 580 g/mol. The largest absolute Gasteiger partial charge is 0.455 e. The van der Waals surface area contributed by atoms with Gasteiger partial charge in [0.05, 0.1) is 11.0 Å². The lowest BCUT2D eigenvalue weighted by molar-refractivity contribution is 0.670. The normalized spacial score (nSPS) is 14.0. The van der Waals surface area contributed by atoms with E-state index in [4.69, 9.17) is 14.0 Å². The van der Waals surface area contributed by atoms with Gasteiger partial charge in [-0.15, -0.1) is 0 Å². The first-order valence-corrected chi connectivity index (χ1v) is 14.8. The molecule has 0 radical (unpaired) electrons. The number of hydrogen-bond donors (Lipinski definition) is 0. The molecule has 9 aromatic rings. The molecule has 8 aromatic carbocycles. The summed E-state index contributed by atoms with van der Waals surface area (Å²) in [4.78, 5) is 0. The molecule has 1 aromatic heterocycles. The van der Waals surface area contributed by atoms with Gasteiger partial charge in [-0.3, -0.25) is 0 Å². The third kappa shape index (κ3) is 4.09. The minimum Gasteiger partial charge on any atom is -0.455 e. The van der Waals surface area contributed by atoms with E-state index in [1.165, 1.54) is 6.07 Å². The first-order valence-electron chi connectivity index (χ1n) is 18.8. The van der Waals surface area contributed by atoms with Crippen LogP contribution in [0.25, 0.3) is 88.0 Å². The maximum Gasteiger partial charge on any atom is 0.143 e.